The Hall–Kier alpha value is -0.580. The number of hydrogen-bond donors (Lipinski definition) is 0. The van der Waals surface area contributed by atoms with Crippen LogP contribution in [0.5, 0.6) is 0 Å². The van der Waals surface area contributed by atoms with Crippen molar-refractivity contribution in [2.45, 2.75) is 26.2 Å². The van der Waals surface area contributed by atoms with Crippen LogP contribution < -0.4 is 0 Å². The molecule has 0 aliphatic carbocycles. The highest BCUT2D eigenvalue weighted by Crippen LogP contribution is 2.19. The van der Waals surface area contributed by atoms with Crippen LogP contribution in [0, 0.1) is 10.5 Å². The number of hydrogen-bond acceptors (Lipinski definition) is 1. The van der Waals surface area contributed by atoms with Gasteiger partial charge in [0.15, 0.2) is 0 Å². The van der Waals surface area contributed by atoms with Crippen molar-refractivity contribution < 1.29 is 4.79 Å². The smallest absolute Gasteiger partial charge is 0.254 e. The molecule has 1 aromatic rings. The molecule has 1 amide bonds. The average molecular weight is 329 g/mol. The van der Waals surface area contributed by atoms with Crippen LogP contribution in [0.4, 0.5) is 0 Å². The molecule has 1 fully saturated rings. The lowest BCUT2D eigenvalue weighted by Crippen LogP contribution is -2.36. The van der Waals surface area contributed by atoms with Crippen LogP contribution in [0.3, 0.4) is 0 Å². The van der Waals surface area contributed by atoms with Gasteiger partial charge in [0.2, 0.25) is 0 Å². The summed E-state index contributed by atoms with van der Waals surface area (Å²) >= 11 is 2.28. The Bertz CT molecular complexity index is 397. The zero-order valence-electron chi connectivity index (χ0n) is 9.50. The molecule has 86 valence electrons. The highest BCUT2D eigenvalue weighted by atomic mass is 127. The molecule has 0 atom stereocenters. The zero-order valence-corrected chi connectivity index (χ0v) is 11.7. The minimum absolute atomic E-state index is 0.204. The van der Waals surface area contributed by atoms with Gasteiger partial charge in [0.1, 0.15) is 0 Å². The molecule has 16 heavy (non-hydrogen) atoms. The molecular formula is C13H16INO. The predicted octanol–water partition coefficient (Wildman–Crippen LogP) is 3.23. The number of carbonyl (C=O) groups is 1. The van der Waals surface area contributed by atoms with E-state index in [1.165, 1.54) is 9.99 Å². The summed E-state index contributed by atoms with van der Waals surface area (Å²) in [5, 5.41) is 0. The van der Waals surface area contributed by atoms with E-state index in [4.69, 9.17) is 0 Å². The largest absolute Gasteiger partial charge is 0.339 e. The second-order valence-electron chi connectivity index (χ2n) is 4.27. The summed E-state index contributed by atoms with van der Waals surface area (Å²) < 4.78 is 1.17. The Morgan fingerprint density at radius 2 is 1.94 bits per heavy atom. The molecule has 0 spiro atoms. The number of piperidine rings is 1. The first kappa shape index (κ1) is 11.9. The van der Waals surface area contributed by atoms with E-state index in [2.05, 4.69) is 22.6 Å². The second-order valence-corrected chi connectivity index (χ2v) is 5.43. The maximum Gasteiger partial charge on any atom is 0.254 e. The molecular weight excluding hydrogens is 313 g/mol. The Labute approximate surface area is 110 Å². The van der Waals surface area contributed by atoms with Crippen molar-refractivity contribution in [2.24, 2.45) is 0 Å². The minimum Gasteiger partial charge on any atom is -0.339 e. The average Bonchev–Trinajstić information content (AvgIpc) is 2.33. The summed E-state index contributed by atoms with van der Waals surface area (Å²) in [6.45, 7) is 3.87. The van der Waals surface area contributed by atoms with Crippen molar-refractivity contribution in [3.8, 4) is 0 Å². The maximum absolute atomic E-state index is 12.3. The third-order valence-corrected chi connectivity index (χ3v) is 4.31. The second kappa shape index (κ2) is 5.17. The molecule has 0 N–H and O–H groups in total. The molecule has 0 bridgehead atoms. The Morgan fingerprint density at radius 1 is 1.25 bits per heavy atom. The lowest BCUT2D eigenvalue weighted by atomic mass is 10.1. The van der Waals surface area contributed by atoms with Gasteiger partial charge >= 0.3 is 0 Å². The van der Waals surface area contributed by atoms with Crippen molar-refractivity contribution in [3.05, 3.63) is 32.9 Å². The number of carbonyl (C=O) groups excluding carboxylic acids is 1. The summed E-state index contributed by atoms with van der Waals surface area (Å²) in [5.41, 5.74) is 1.98. The van der Waals surface area contributed by atoms with Crippen molar-refractivity contribution >= 4 is 28.5 Å². The summed E-state index contributed by atoms with van der Waals surface area (Å²) in [5.74, 6) is 0.204. The van der Waals surface area contributed by atoms with Crippen LogP contribution in [-0.4, -0.2) is 23.9 Å². The minimum atomic E-state index is 0.204. The van der Waals surface area contributed by atoms with Gasteiger partial charge in [-0.1, -0.05) is 6.07 Å². The van der Waals surface area contributed by atoms with E-state index < -0.39 is 0 Å². The zero-order chi connectivity index (χ0) is 11.5. The van der Waals surface area contributed by atoms with Gasteiger partial charge < -0.3 is 4.90 Å². The van der Waals surface area contributed by atoms with E-state index >= 15 is 0 Å². The molecule has 3 heteroatoms. The predicted molar refractivity (Wildman–Crippen MR) is 73.7 cm³/mol. The van der Waals surface area contributed by atoms with Gasteiger partial charge in [-0.3, -0.25) is 4.79 Å². The van der Waals surface area contributed by atoms with Crippen molar-refractivity contribution in [3.63, 3.8) is 0 Å². The fourth-order valence-corrected chi connectivity index (χ4v) is 2.60. The number of amides is 1. The SMILES string of the molecule is Cc1c(I)cccc1C(=O)N1CCCCC1. The van der Waals surface area contributed by atoms with E-state index in [-0.39, 0.29) is 5.91 Å². The van der Waals surface area contributed by atoms with Gasteiger partial charge in [-0.25, -0.2) is 0 Å². The third-order valence-electron chi connectivity index (χ3n) is 3.14. The van der Waals surface area contributed by atoms with Crippen LogP contribution in [0.2, 0.25) is 0 Å². The van der Waals surface area contributed by atoms with Crippen molar-refractivity contribution in [1.29, 1.82) is 0 Å². The normalized spacial score (nSPS) is 16.2. The molecule has 1 aliphatic heterocycles. The fraction of sp³-hybridized carbons (Fsp3) is 0.462. The maximum atomic E-state index is 12.3. The highest BCUT2D eigenvalue weighted by molar-refractivity contribution is 14.1. The van der Waals surface area contributed by atoms with Gasteiger partial charge in [-0.05, 0) is 66.5 Å². The number of nitrogens with zero attached hydrogens (tertiary/aromatic N) is 1. The lowest BCUT2D eigenvalue weighted by Gasteiger charge is -2.27. The molecule has 1 heterocycles. The van der Waals surface area contributed by atoms with Crippen LogP contribution in [0.1, 0.15) is 35.2 Å². The van der Waals surface area contributed by atoms with Gasteiger partial charge in [0, 0.05) is 22.2 Å². The van der Waals surface area contributed by atoms with Gasteiger partial charge in [-0.2, -0.15) is 0 Å². The fourth-order valence-electron chi connectivity index (χ4n) is 2.11. The monoisotopic (exact) mass is 329 g/mol. The Kier molecular flexibility index (Phi) is 3.84. The standard InChI is InChI=1S/C13H16INO/c1-10-11(6-5-7-12(10)14)13(16)15-8-3-2-4-9-15/h5-7H,2-4,8-9H2,1H3. The van der Waals surface area contributed by atoms with E-state index in [1.807, 2.05) is 30.0 Å². The summed E-state index contributed by atoms with van der Waals surface area (Å²) in [6.07, 6.45) is 3.55. The molecule has 0 radical (unpaired) electrons. The lowest BCUT2D eigenvalue weighted by molar-refractivity contribution is 0.0723. The summed E-state index contributed by atoms with van der Waals surface area (Å²) in [7, 11) is 0. The highest BCUT2D eigenvalue weighted by Gasteiger charge is 2.19. The molecule has 0 unspecified atom stereocenters. The van der Waals surface area contributed by atoms with Crippen LogP contribution in [0.25, 0.3) is 0 Å². The van der Waals surface area contributed by atoms with Crippen molar-refractivity contribution in [1.82, 2.24) is 4.90 Å². The number of rotatable bonds is 1. The van der Waals surface area contributed by atoms with E-state index in [0.29, 0.717) is 0 Å². The quantitative estimate of drug-likeness (QED) is 0.725. The van der Waals surface area contributed by atoms with Gasteiger partial charge in [0.25, 0.3) is 5.91 Å². The van der Waals surface area contributed by atoms with Crippen LogP contribution in [-0.2, 0) is 0 Å². The van der Waals surface area contributed by atoms with Crippen molar-refractivity contribution in [2.75, 3.05) is 13.1 Å². The summed E-state index contributed by atoms with van der Waals surface area (Å²) in [4.78, 5) is 14.3. The molecule has 1 aliphatic rings. The summed E-state index contributed by atoms with van der Waals surface area (Å²) in [6, 6.07) is 5.95. The van der Waals surface area contributed by atoms with Crippen LogP contribution >= 0.6 is 22.6 Å². The molecule has 1 aromatic carbocycles. The van der Waals surface area contributed by atoms with Gasteiger partial charge in [-0.15, -0.1) is 0 Å². The van der Waals surface area contributed by atoms with E-state index in [9.17, 15) is 4.79 Å². The molecule has 0 saturated carbocycles. The van der Waals surface area contributed by atoms with Gasteiger partial charge in [0.05, 0.1) is 0 Å². The molecule has 2 nitrogen and oxygen atoms in total. The molecule has 2 rings (SSSR count). The first-order chi connectivity index (χ1) is 7.70. The Balaban J connectivity index is 2.22. The molecule has 1 saturated heterocycles. The Morgan fingerprint density at radius 3 is 2.62 bits per heavy atom. The third kappa shape index (κ3) is 2.39. The number of likely N-dealkylation sites (tertiary alicyclic amines) is 1. The first-order valence-electron chi connectivity index (χ1n) is 5.74. The van der Waals surface area contributed by atoms with Crippen LogP contribution in [0.15, 0.2) is 18.2 Å². The van der Waals surface area contributed by atoms with E-state index in [1.54, 1.807) is 0 Å². The topological polar surface area (TPSA) is 20.3 Å². The number of halogens is 1. The number of benzene rings is 1. The molecule has 0 aromatic heterocycles. The van der Waals surface area contributed by atoms with E-state index in [0.717, 1.165) is 37.1 Å². The first-order valence-corrected chi connectivity index (χ1v) is 6.82.